The molecule has 6 nitrogen and oxygen atoms in total. The van der Waals surface area contributed by atoms with E-state index in [2.05, 4.69) is 5.32 Å². The number of nitrogens with one attached hydrogen (secondary N) is 1. The molecule has 1 unspecified atom stereocenters. The van der Waals surface area contributed by atoms with Crippen molar-refractivity contribution in [2.24, 2.45) is 0 Å². The van der Waals surface area contributed by atoms with E-state index in [0.29, 0.717) is 32.2 Å². The lowest BCUT2D eigenvalue weighted by Gasteiger charge is -2.39. The van der Waals surface area contributed by atoms with Crippen LogP contribution in [0.2, 0.25) is 0 Å². The van der Waals surface area contributed by atoms with Gasteiger partial charge in [-0.25, -0.2) is 13.2 Å². The molecule has 2 fully saturated rings. The quantitative estimate of drug-likeness (QED) is 0.821. The summed E-state index contributed by atoms with van der Waals surface area (Å²) in [5, 5.41) is 14.0. The van der Waals surface area contributed by atoms with Crippen molar-refractivity contribution in [1.29, 1.82) is 0 Å². The van der Waals surface area contributed by atoms with Crippen molar-refractivity contribution in [3.8, 4) is 0 Å². The standard InChI is InChI=1S/C20H30N2O4S/c1-27(25,26)15-18-9-5-6-14-22(18)19(23)21-17-10-12-20(24,13-11-17)16-7-3-2-4-8-16/h2-4,7-8,17-18,24H,5-6,9-15H2,1H3,(H,21,23). The van der Waals surface area contributed by atoms with Gasteiger partial charge in [0.25, 0.3) is 0 Å². The minimum absolute atomic E-state index is 0.0160. The second-order valence-electron chi connectivity index (χ2n) is 8.06. The molecule has 1 aliphatic carbocycles. The average molecular weight is 395 g/mol. The van der Waals surface area contributed by atoms with Gasteiger partial charge in [0.05, 0.1) is 11.4 Å². The number of benzene rings is 1. The van der Waals surface area contributed by atoms with Crippen molar-refractivity contribution in [2.45, 2.75) is 62.6 Å². The number of hydrogen-bond donors (Lipinski definition) is 2. The third-order valence-electron chi connectivity index (χ3n) is 5.83. The summed E-state index contributed by atoms with van der Waals surface area (Å²) in [5.74, 6) is 0.0266. The van der Waals surface area contributed by atoms with Crippen LogP contribution in [0.1, 0.15) is 50.5 Å². The van der Waals surface area contributed by atoms with Gasteiger partial charge in [-0.15, -0.1) is 0 Å². The van der Waals surface area contributed by atoms with Gasteiger partial charge < -0.3 is 15.3 Å². The van der Waals surface area contributed by atoms with Crippen LogP contribution in [0.5, 0.6) is 0 Å². The number of rotatable bonds is 4. The van der Waals surface area contributed by atoms with Gasteiger partial charge in [-0.2, -0.15) is 0 Å². The second-order valence-corrected chi connectivity index (χ2v) is 10.2. The number of hydrogen-bond acceptors (Lipinski definition) is 4. The SMILES string of the molecule is CS(=O)(=O)CC1CCCCN1C(=O)NC1CCC(O)(c2ccccc2)CC1. The van der Waals surface area contributed by atoms with Gasteiger partial charge in [0.15, 0.2) is 0 Å². The Kier molecular flexibility index (Phi) is 6.11. The molecule has 1 heterocycles. The molecule has 1 aliphatic heterocycles. The fourth-order valence-corrected chi connectivity index (χ4v) is 5.37. The van der Waals surface area contributed by atoms with Crippen molar-refractivity contribution >= 4 is 15.9 Å². The molecule has 1 aromatic carbocycles. The van der Waals surface area contributed by atoms with E-state index < -0.39 is 15.4 Å². The van der Waals surface area contributed by atoms with Gasteiger partial charge in [-0.05, 0) is 50.5 Å². The van der Waals surface area contributed by atoms with E-state index in [-0.39, 0.29) is 23.9 Å². The summed E-state index contributed by atoms with van der Waals surface area (Å²) in [7, 11) is -3.12. The molecule has 3 rings (SSSR count). The molecule has 0 aromatic heterocycles. The number of carbonyl (C=O) groups is 1. The smallest absolute Gasteiger partial charge is 0.317 e. The first-order valence-electron chi connectivity index (χ1n) is 9.80. The number of amides is 2. The maximum absolute atomic E-state index is 12.8. The lowest BCUT2D eigenvalue weighted by Crippen LogP contribution is -2.54. The largest absolute Gasteiger partial charge is 0.385 e. The highest BCUT2D eigenvalue weighted by atomic mass is 32.2. The summed E-state index contributed by atoms with van der Waals surface area (Å²) in [6.45, 7) is 0.604. The van der Waals surface area contributed by atoms with Crippen LogP contribution in [0.3, 0.4) is 0 Å². The number of sulfone groups is 1. The highest BCUT2D eigenvalue weighted by molar-refractivity contribution is 7.90. The molecule has 1 saturated carbocycles. The Hall–Kier alpha value is -1.60. The first-order chi connectivity index (χ1) is 12.8. The Morgan fingerprint density at radius 2 is 1.85 bits per heavy atom. The van der Waals surface area contributed by atoms with Crippen molar-refractivity contribution in [1.82, 2.24) is 10.2 Å². The van der Waals surface area contributed by atoms with Crippen LogP contribution >= 0.6 is 0 Å². The van der Waals surface area contributed by atoms with Crippen molar-refractivity contribution in [2.75, 3.05) is 18.6 Å². The van der Waals surface area contributed by atoms with Crippen LogP contribution in [-0.2, 0) is 15.4 Å². The van der Waals surface area contributed by atoms with Gasteiger partial charge in [0.2, 0.25) is 0 Å². The predicted molar refractivity (Wildman–Crippen MR) is 105 cm³/mol. The zero-order valence-corrected chi connectivity index (χ0v) is 16.7. The summed E-state index contributed by atoms with van der Waals surface area (Å²) in [6, 6.07) is 9.30. The zero-order valence-electron chi connectivity index (χ0n) is 15.9. The summed E-state index contributed by atoms with van der Waals surface area (Å²) in [4.78, 5) is 14.4. The van der Waals surface area contributed by atoms with E-state index in [1.807, 2.05) is 30.3 Å². The molecule has 1 aromatic rings. The summed E-state index contributed by atoms with van der Waals surface area (Å²) in [6.07, 6.45) is 6.46. The molecule has 0 spiro atoms. The van der Waals surface area contributed by atoms with Crippen molar-refractivity contribution < 1.29 is 18.3 Å². The molecule has 1 saturated heterocycles. The van der Waals surface area contributed by atoms with E-state index in [1.54, 1.807) is 4.90 Å². The number of nitrogens with zero attached hydrogens (tertiary/aromatic N) is 1. The molecular weight excluding hydrogens is 364 g/mol. The lowest BCUT2D eigenvalue weighted by molar-refractivity contribution is -0.00796. The predicted octanol–water partition coefficient (Wildman–Crippen LogP) is 2.43. The van der Waals surface area contributed by atoms with Crippen molar-refractivity contribution in [3.05, 3.63) is 35.9 Å². The summed E-state index contributed by atoms with van der Waals surface area (Å²) in [5.41, 5.74) is 0.103. The number of piperidine rings is 1. The monoisotopic (exact) mass is 394 g/mol. The van der Waals surface area contributed by atoms with E-state index in [9.17, 15) is 18.3 Å². The number of aliphatic hydroxyl groups is 1. The summed E-state index contributed by atoms with van der Waals surface area (Å²) < 4.78 is 23.4. The van der Waals surface area contributed by atoms with Crippen LogP contribution in [0, 0.1) is 0 Å². The van der Waals surface area contributed by atoms with Crippen molar-refractivity contribution in [3.63, 3.8) is 0 Å². The summed E-state index contributed by atoms with van der Waals surface area (Å²) >= 11 is 0. The molecule has 27 heavy (non-hydrogen) atoms. The Labute approximate surface area is 161 Å². The number of likely N-dealkylation sites (tertiary alicyclic amines) is 1. The third kappa shape index (κ3) is 5.23. The molecule has 1 atom stereocenters. The van der Waals surface area contributed by atoms with Crippen LogP contribution in [-0.4, -0.2) is 55.1 Å². The molecule has 2 N–H and O–H groups in total. The Morgan fingerprint density at radius 1 is 1.19 bits per heavy atom. The molecule has 0 radical (unpaired) electrons. The maximum Gasteiger partial charge on any atom is 0.317 e. The number of urea groups is 1. The Morgan fingerprint density at radius 3 is 2.48 bits per heavy atom. The van der Waals surface area contributed by atoms with E-state index in [1.165, 1.54) is 6.26 Å². The van der Waals surface area contributed by atoms with Crippen LogP contribution in [0.4, 0.5) is 4.79 Å². The zero-order chi connectivity index (χ0) is 19.5. The molecule has 150 valence electrons. The normalized spacial score (nSPS) is 29.3. The maximum atomic E-state index is 12.8. The van der Waals surface area contributed by atoms with Gasteiger partial charge in [-0.3, -0.25) is 0 Å². The topological polar surface area (TPSA) is 86.7 Å². The highest BCUT2D eigenvalue weighted by Gasteiger charge is 2.36. The molecule has 2 aliphatic rings. The van der Waals surface area contributed by atoms with Crippen LogP contribution in [0.25, 0.3) is 0 Å². The van der Waals surface area contributed by atoms with Gasteiger partial charge in [-0.1, -0.05) is 30.3 Å². The lowest BCUT2D eigenvalue weighted by atomic mass is 9.78. The highest BCUT2D eigenvalue weighted by Crippen LogP contribution is 2.37. The molecule has 7 heteroatoms. The fourth-order valence-electron chi connectivity index (χ4n) is 4.32. The van der Waals surface area contributed by atoms with Crippen LogP contribution in [0.15, 0.2) is 30.3 Å². The minimum atomic E-state index is -3.12. The Bertz CT molecular complexity index is 743. The first kappa shape index (κ1) is 20.1. The van der Waals surface area contributed by atoms with E-state index in [4.69, 9.17) is 0 Å². The molecular formula is C20H30N2O4S. The molecule has 0 bridgehead atoms. The van der Waals surface area contributed by atoms with Gasteiger partial charge in [0, 0.05) is 24.9 Å². The van der Waals surface area contributed by atoms with E-state index in [0.717, 1.165) is 24.8 Å². The van der Waals surface area contributed by atoms with Gasteiger partial charge >= 0.3 is 6.03 Å². The first-order valence-corrected chi connectivity index (χ1v) is 11.9. The molecule has 2 amide bonds. The second kappa shape index (κ2) is 8.19. The Balaban J connectivity index is 1.57. The fraction of sp³-hybridized carbons (Fsp3) is 0.650. The number of carbonyl (C=O) groups excluding carboxylic acids is 1. The van der Waals surface area contributed by atoms with Crippen LogP contribution < -0.4 is 5.32 Å². The van der Waals surface area contributed by atoms with Gasteiger partial charge in [0.1, 0.15) is 9.84 Å². The minimum Gasteiger partial charge on any atom is -0.385 e. The van der Waals surface area contributed by atoms with E-state index >= 15 is 0 Å². The average Bonchev–Trinajstić information content (AvgIpc) is 2.63. The third-order valence-corrected chi connectivity index (χ3v) is 6.82.